The van der Waals surface area contributed by atoms with E-state index in [-0.39, 0.29) is 17.3 Å². The number of thiophene rings is 1. The summed E-state index contributed by atoms with van der Waals surface area (Å²) in [5, 5.41) is 16.6. The standard InChI is InChI=1S/C17H11ClN2O5S/c18-13-5-3-11(8-14(13)20(22)23)4-6-17(21)24-10-12-9-15(25-19-12)16-2-1-7-26-16/h1-9H,10H2/b6-4+. The number of rotatable bonds is 6. The maximum Gasteiger partial charge on any atom is 0.331 e. The van der Waals surface area contributed by atoms with Crippen molar-refractivity contribution in [3.05, 3.63) is 74.2 Å². The van der Waals surface area contributed by atoms with Gasteiger partial charge in [0, 0.05) is 18.2 Å². The van der Waals surface area contributed by atoms with Crippen LogP contribution in [0.1, 0.15) is 11.3 Å². The highest BCUT2D eigenvalue weighted by Gasteiger charge is 2.12. The summed E-state index contributed by atoms with van der Waals surface area (Å²) in [6.45, 7) is -0.0428. The van der Waals surface area contributed by atoms with Crippen molar-refractivity contribution in [3.8, 4) is 10.6 Å². The summed E-state index contributed by atoms with van der Waals surface area (Å²) in [5.74, 6) is -0.00154. The molecule has 2 aromatic heterocycles. The first-order valence-electron chi connectivity index (χ1n) is 7.31. The van der Waals surface area contributed by atoms with Crippen LogP contribution in [-0.4, -0.2) is 16.0 Å². The normalized spacial score (nSPS) is 11.0. The zero-order chi connectivity index (χ0) is 18.5. The molecular weight excluding hydrogens is 380 g/mol. The van der Waals surface area contributed by atoms with Crippen molar-refractivity contribution in [1.82, 2.24) is 5.16 Å². The molecule has 0 aliphatic heterocycles. The van der Waals surface area contributed by atoms with Gasteiger partial charge in [-0.15, -0.1) is 11.3 Å². The molecule has 26 heavy (non-hydrogen) atoms. The SMILES string of the molecule is O=C(/C=C/c1ccc(Cl)c([N+](=O)[O-])c1)OCc1cc(-c2cccs2)on1. The average molecular weight is 391 g/mol. The quantitative estimate of drug-likeness (QED) is 0.261. The summed E-state index contributed by atoms with van der Waals surface area (Å²) in [4.78, 5) is 23.0. The van der Waals surface area contributed by atoms with Gasteiger partial charge in [-0.2, -0.15) is 0 Å². The number of carbonyl (C=O) groups is 1. The minimum Gasteiger partial charge on any atom is -0.456 e. The van der Waals surface area contributed by atoms with Crippen molar-refractivity contribution < 1.29 is 19.0 Å². The molecule has 0 N–H and O–H groups in total. The van der Waals surface area contributed by atoms with Crippen molar-refractivity contribution in [2.75, 3.05) is 0 Å². The van der Waals surface area contributed by atoms with Crippen molar-refractivity contribution in [1.29, 1.82) is 0 Å². The third kappa shape index (κ3) is 4.35. The highest BCUT2D eigenvalue weighted by atomic mass is 35.5. The Hall–Kier alpha value is -2.97. The number of nitro groups is 1. The summed E-state index contributed by atoms with van der Waals surface area (Å²) in [7, 11) is 0. The number of halogens is 1. The van der Waals surface area contributed by atoms with Gasteiger partial charge in [0.05, 0.1) is 9.80 Å². The van der Waals surface area contributed by atoms with Crippen LogP contribution < -0.4 is 0 Å². The molecule has 0 amide bonds. The number of nitrogens with zero attached hydrogens (tertiary/aromatic N) is 2. The van der Waals surface area contributed by atoms with Gasteiger partial charge in [-0.3, -0.25) is 10.1 Å². The van der Waals surface area contributed by atoms with Crippen LogP contribution in [0.25, 0.3) is 16.7 Å². The van der Waals surface area contributed by atoms with Gasteiger partial charge < -0.3 is 9.26 Å². The smallest absolute Gasteiger partial charge is 0.331 e. The summed E-state index contributed by atoms with van der Waals surface area (Å²) in [6, 6.07) is 9.72. The molecule has 0 atom stereocenters. The van der Waals surface area contributed by atoms with Gasteiger partial charge in [-0.05, 0) is 29.2 Å². The second-order valence-electron chi connectivity index (χ2n) is 5.07. The molecular formula is C17H11ClN2O5S. The Morgan fingerprint density at radius 3 is 2.96 bits per heavy atom. The molecule has 9 heteroatoms. The van der Waals surface area contributed by atoms with Gasteiger partial charge >= 0.3 is 5.97 Å². The molecule has 2 heterocycles. The van der Waals surface area contributed by atoms with Crippen molar-refractivity contribution in [2.24, 2.45) is 0 Å². The lowest BCUT2D eigenvalue weighted by Crippen LogP contribution is -2.00. The van der Waals surface area contributed by atoms with Gasteiger partial charge in [0.25, 0.3) is 5.69 Å². The average Bonchev–Trinajstić information content (AvgIpc) is 3.30. The highest BCUT2D eigenvalue weighted by molar-refractivity contribution is 7.13. The maximum atomic E-state index is 11.8. The number of carbonyl (C=O) groups excluding carboxylic acids is 1. The number of hydrogen-bond donors (Lipinski definition) is 0. The van der Waals surface area contributed by atoms with E-state index in [2.05, 4.69) is 5.16 Å². The van der Waals surface area contributed by atoms with Crippen LogP contribution in [-0.2, 0) is 16.1 Å². The van der Waals surface area contributed by atoms with E-state index in [4.69, 9.17) is 20.9 Å². The third-order valence-electron chi connectivity index (χ3n) is 3.26. The van der Waals surface area contributed by atoms with E-state index < -0.39 is 10.9 Å². The monoisotopic (exact) mass is 390 g/mol. The van der Waals surface area contributed by atoms with E-state index >= 15 is 0 Å². The largest absolute Gasteiger partial charge is 0.456 e. The third-order valence-corrected chi connectivity index (χ3v) is 4.47. The lowest BCUT2D eigenvalue weighted by molar-refractivity contribution is -0.384. The fourth-order valence-electron chi connectivity index (χ4n) is 2.05. The molecule has 1 aromatic carbocycles. The molecule has 0 radical (unpaired) electrons. The minimum atomic E-state index is -0.608. The number of nitro benzene ring substituents is 1. The van der Waals surface area contributed by atoms with Gasteiger partial charge in [-0.1, -0.05) is 28.9 Å². The highest BCUT2D eigenvalue weighted by Crippen LogP contribution is 2.26. The Kier molecular flexibility index (Phi) is 5.45. The number of ether oxygens (including phenoxy) is 1. The summed E-state index contributed by atoms with van der Waals surface area (Å²) in [6.07, 6.45) is 2.58. The summed E-state index contributed by atoms with van der Waals surface area (Å²) < 4.78 is 10.3. The first-order valence-corrected chi connectivity index (χ1v) is 8.57. The molecule has 7 nitrogen and oxygen atoms in total. The Morgan fingerprint density at radius 1 is 1.38 bits per heavy atom. The Labute approximate surface area is 156 Å². The maximum absolute atomic E-state index is 11.8. The van der Waals surface area contributed by atoms with E-state index in [0.717, 1.165) is 4.88 Å². The van der Waals surface area contributed by atoms with E-state index in [1.54, 1.807) is 12.1 Å². The Balaban J connectivity index is 1.58. The van der Waals surface area contributed by atoms with E-state index in [1.807, 2.05) is 17.5 Å². The molecule has 0 aliphatic carbocycles. The number of hydrogen-bond acceptors (Lipinski definition) is 7. The van der Waals surface area contributed by atoms with Crippen LogP contribution in [0.3, 0.4) is 0 Å². The minimum absolute atomic E-state index is 0.0299. The van der Waals surface area contributed by atoms with Gasteiger partial charge in [0.15, 0.2) is 5.76 Å². The lowest BCUT2D eigenvalue weighted by Gasteiger charge is -1.99. The molecule has 0 saturated heterocycles. The van der Waals surface area contributed by atoms with Gasteiger partial charge in [0.2, 0.25) is 0 Å². The molecule has 3 rings (SSSR count). The first kappa shape index (κ1) is 17.8. The predicted molar refractivity (Wildman–Crippen MR) is 96.8 cm³/mol. The van der Waals surface area contributed by atoms with E-state index in [9.17, 15) is 14.9 Å². The van der Waals surface area contributed by atoms with E-state index in [0.29, 0.717) is 17.0 Å². The fourth-order valence-corrected chi connectivity index (χ4v) is 2.91. The Morgan fingerprint density at radius 2 is 2.23 bits per heavy atom. The van der Waals surface area contributed by atoms with Gasteiger partial charge in [0.1, 0.15) is 17.3 Å². The zero-order valence-corrected chi connectivity index (χ0v) is 14.7. The van der Waals surface area contributed by atoms with Gasteiger partial charge in [-0.25, -0.2) is 4.79 Å². The Bertz CT molecular complexity index is 965. The number of esters is 1. The van der Waals surface area contributed by atoms with E-state index in [1.165, 1.54) is 35.6 Å². The second kappa shape index (κ2) is 7.94. The van der Waals surface area contributed by atoms with Crippen molar-refractivity contribution in [3.63, 3.8) is 0 Å². The zero-order valence-electron chi connectivity index (χ0n) is 13.1. The molecule has 0 saturated carbocycles. The second-order valence-corrected chi connectivity index (χ2v) is 6.42. The van der Waals surface area contributed by atoms with Crippen molar-refractivity contribution >= 4 is 40.7 Å². The molecule has 0 fully saturated rings. The summed E-state index contributed by atoms with van der Waals surface area (Å²) in [5.41, 5.74) is 0.711. The molecule has 3 aromatic rings. The van der Waals surface area contributed by atoms with Crippen LogP contribution in [0.4, 0.5) is 5.69 Å². The first-order chi connectivity index (χ1) is 12.5. The van der Waals surface area contributed by atoms with Crippen LogP contribution in [0.5, 0.6) is 0 Å². The number of benzene rings is 1. The molecule has 0 bridgehead atoms. The summed E-state index contributed by atoms with van der Waals surface area (Å²) >= 11 is 7.25. The lowest BCUT2D eigenvalue weighted by atomic mass is 10.2. The molecule has 0 spiro atoms. The topological polar surface area (TPSA) is 95.5 Å². The van der Waals surface area contributed by atoms with Crippen LogP contribution >= 0.6 is 22.9 Å². The van der Waals surface area contributed by atoms with Crippen LogP contribution in [0.2, 0.25) is 5.02 Å². The molecule has 0 unspecified atom stereocenters. The predicted octanol–water partition coefficient (Wildman–Crippen LogP) is 4.72. The molecule has 0 aliphatic rings. The van der Waals surface area contributed by atoms with Crippen LogP contribution in [0.15, 0.2) is 52.4 Å². The fraction of sp³-hybridized carbons (Fsp3) is 0.0588. The molecule has 132 valence electrons. The number of aromatic nitrogens is 1. The van der Waals surface area contributed by atoms with Crippen molar-refractivity contribution in [2.45, 2.75) is 6.61 Å². The van der Waals surface area contributed by atoms with Crippen LogP contribution in [0, 0.1) is 10.1 Å².